The Balaban J connectivity index is 0.000000166. The highest BCUT2D eigenvalue weighted by Gasteiger charge is 2.36. The number of hydrogen-bond donors (Lipinski definition) is 4. The third-order valence-corrected chi connectivity index (χ3v) is 10.9. The zero-order chi connectivity index (χ0) is 33.5. The normalized spacial score (nSPS) is 16.9. The molecule has 0 radical (unpaired) electrons. The van der Waals surface area contributed by atoms with Crippen LogP contribution in [0.4, 0.5) is 5.82 Å². The molecule has 2 fully saturated rings. The molecule has 2 aliphatic rings. The first-order chi connectivity index (χ1) is 24.1. The van der Waals surface area contributed by atoms with Gasteiger partial charge in [0, 0.05) is 43.2 Å². The highest BCUT2D eigenvalue weighted by molar-refractivity contribution is 5.87. The molecule has 0 amide bonds. The highest BCUT2D eigenvalue weighted by Crippen LogP contribution is 2.39. The molecule has 250 valence electrons. The predicted molar refractivity (Wildman–Crippen MR) is 203 cm³/mol. The summed E-state index contributed by atoms with van der Waals surface area (Å²) >= 11 is 0. The summed E-state index contributed by atoms with van der Waals surface area (Å²) in [5.41, 5.74) is 21.3. The largest absolute Gasteiger partial charge is 0.356 e. The molecule has 6 aromatic rings. The molecule has 7 heteroatoms. The van der Waals surface area contributed by atoms with Gasteiger partial charge in [-0.05, 0) is 78.2 Å². The van der Waals surface area contributed by atoms with Gasteiger partial charge in [0.2, 0.25) is 0 Å². The van der Waals surface area contributed by atoms with E-state index in [4.69, 9.17) is 11.5 Å². The third kappa shape index (κ3) is 6.88. The first-order valence-corrected chi connectivity index (χ1v) is 17.6. The Bertz CT molecular complexity index is 1940. The van der Waals surface area contributed by atoms with Crippen molar-refractivity contribution < 1.29 is 0 Å². The van der Waals surface area contributed by atoms with Crippen molar-refractivity contribution in [3.05, 3.63) is 139 Å². The third-order valence-electron chi connectivity index (χ3n) is 10.9. The number of anilines is 1. The number of nitrogens with two attached hydrogens (primary N) is 2. The van der Waals surface area contributed by atoms with E-state index < -0.39 is 0 Å². The molecule has 7 nitrogen and oxygen atoms in total. The summed E-state index contributed by atoms with van der Waals surface area (Å²) < 4.78 is 0. The molecule has 2 saturated heterocycles. The van der Waals surface area contributed by atoms with E-state index in [1.807, 2.05) is 6.20 Å². The Morgan fingerprint density at radius 1 is 0.592 bits per heavy atom. The van der Waals surface area contributed by atoms with E-state index in [0.29, 0.717) is 6.54 Å². The van der Waals surface area contributed by atoms with Crippen LogP contribution in [-0.4, -0.2) is 54.2 Å². The molecular weight excluding hydrogens is 603 g/mol. The van der Waals surface area contributed by atoms with Crippen molar-refractivity contribution in [3.63, 3.8) is 0 Å². The van der Waals surface area contributed by atoms with Crippen molar-refractivity contribution in [2.75, 3.05) is 44.2 Å². The molecule has 2 aromatic heterocycles. The van der Waals surface area contributed by atoms with Gasteiger partial charge in [-0.1, -0.05) is 109 Å². The summed E-state index contributed by atoms with van der Waals surface area (Å²) in [7, 11) is 0. The van der Waals surface area contributed by atoms with Gasteiger partial charge < -0.3 is 26.7 Å². The van der Waals surface area contributed by atoms with E-state index in [0.717, 1.165) is 75.3 Å². The first kappa shape index (κ1) is 32.7. The number of fused-ring (bicyclic) bond motifs is 1. The van der Waals surface area contributed by atoms with Crippen molar-refractivity contribution >= 4 is 16.9 Å². The number of piperidine rings is 2. The summed E-state index contributed by atoms with van der Waals surface area (Å²) in [6, 6.07) is 41.0. The number of nitrogens with zero attached hydrogens (tertiary/aromatic N) is 3. The zero-order valence-corrected chi connectivity index (χ0v) is 28.2. The standard InChI is InChI=1S/C24H25N5.C18H22N2/c25-16-24(20-8-4-7-19(15-20)18-5-2-1-3-6-18)10-13-29(14-11-24)23-21-9-12-26-22(21)27-17-28-23;19-14-18(9-11-20-12-10-18)17-8-4-7-16(13-17)15-5-2-1-3-6-15/h1-9,12,15,17H,10-11,13-14,16,25H2,(H,26,27,28);1-8,13,20H,9-12,14,19H2. The lowest BCUT2D eigenvalue weighted by molar-refractivity contribution is 0.315. The van der Waals surface area contributed by atoms with Crippen LogP contribution in [0.3, 0.4) is 0 Å². The number of nitrogens with one attached hydrogen (secondary N) is 2. The lowest BCUT2D eigenvalue weighted by Crippen LogP contribution is -2.47. The maximum atomic E-state index is 6.37. The minimum atomic E-state index is 0.00554. The van der Waals surface area contributed by atoms with Crippen molar-refractivity contribution in [3.8, 4) is 22.3 Å². The van der Waals surface area contributed by atoms with Crippen LogP contribution in [0.25, 0.3) is 33.3 Å². The van der Waals surface area contributed by atoms with Crippen LogP contribution in [0.1, 0.15) is 36.8 Å². The number of aromatic nitrogens is 3. The fourth-order valence-corrected chi connectivity index (χ4v) is 7.70. The summed E-state index contributed by atoms with van der Waals surface area (Å²) in [5, 5.41) is 4.52. The second-order valence-electron chi connectivity index (χ2n) is 13.5. The van der Waals surface area contributed by atoms with Crippen molar-refractivity contribution in [2.45, 2.75) is 36.5 Å². The quantitative estimate of drug-likeness (QED) is 0.148. The number of H-pyrrole nitrogens is 1. The molecule has 8 rings (SSSR count). The molecule has 0 unspecified atom stereocenters. The van der Waals surface area contributed by atoms with Gasteiger partial charge in [0.25, 0.3) is 0 Å². The van der Waals surface area contributed by atoms with Gasteiger partial charge in [0.1, 0.15) is 17.8 Å². The molecule has 6 N–H and O–H groups in total. The summed E-state index contributed by atoms with van der Waals surface area (Å²) in [5.74, 6) is 1.01. The van der Waals surface area contributed by atoms with Crippen LogP contribution < -0.4 is 21.7 Å². The summed E-state index contributed by atoms with van der Waals surface area (Å²) in [6.45, 7) is 5.38. The molecular formula is C42H47N7. The Labute approximate surface area is 289 Å². The fourth-order valence-electron chi connectivity index (χ4n) is 7.70. The lowest BCUT2D eigenvalue weighted by Gasteiger charge is -2.42. The van der Waals surface area contributed by atoms with Crippen LogP contribution in [-0.2, 0) is 10.8 Å². The minimum absolute atomic E-state index is 0.00554. The SMILES string of the molecule is NCC1(c2cccc(-c3ccccc3)c2)CCN(c2ncnc3[nH]ccc23)CC1.NCC1(c2cccc(-c3ccccc3)c2)CCNCC1. The van der Waals surface area contributed by atoms with E-state index in [2.05, 4.69) is 140 Å². The summed E-state index contributed by atoms with van der Waals surface area (Å²) in [4.78, 5) is 14.4. The van der Waals surface area contributed by atoms with Gasteiger partial charge in [-0.15, -0.1) is 0 Å². The Morgan fingerprint density at radius 3 is 1.67 bits per heavy atom. The first-order valence-electron chi connectivity index (χ1n) is 17.6. The van der Waals surface area contributed by atoms with E-state index in [1.165, 1.54) is 33.4 Å². The van der Waals surface area contributed by atoms with Gasteiger partial charge in [0.15, 0.2) is 0 Å². The number of rotatable bonds is 7. The molecule has 0 atom stereocenters. The average molecular weight is 650 g/mol. The second-order valence-corrected chi connectivity index (χ2v) is 13.5. The van der Waals surface area contributed by atoms with Gasteiger partial charge in [-0.3, -0.25) is 0 Å². The molecule has 4 aromatic carbocycles. The van der Waals surface area contributed by atoms with E-state index in [1.54, 1.807) is 6.33 Å². The molecule has 4 heterocycles. The van der Waals surface area contributed by atoms with Crippen LogP contribution in [0.5, 0.6) is 0 Å². The van der Waals surface area contributed by atoms with Gasteiger partial charge >= 0.3 is 0 Å². The van der Waals surface area contributed by atoms with Crippen molar-refractivity contribution in [1.82, 2.24) is 20.3 Å². The maximum absolute atomic E-state index is 6.37. The van der Waals surface area contributed by atoms with Gasteiger partial charge in [-0.25, -0.2) is 9.97 Å². The molecule has 0 aliphatic carbocycles. The number of hydrogen-bond acceptors (Lipinski definition) is 6. The highest BCUT2D eigenvalue weighted by atomic mass is 15.2. The van der Waals surface area contributed by atoms with E-state index in [-0.39, 0.29) is 10.8 Å². The number of benzene rings is 4. The average Bonchev–Trinajstić information content (AvgIpc) is 3.69. The predicted octanol–water partition coefficient (Wildman–Crippen LogP) is 7.06. The molecule has 0 bridgehead atoms. The van der Waals surface area contributed by atoms with Crippen LogP contribution in [0.2, 0.25) is 0 Å². The van der Waals surface area contributed by atoms with E-state index >= 15 is 0 Å². The van der Waals surface area contributed by atoms with Crippen molar-refractivity contribution in [2.24, 2.45) is 11.5 Å². The maximum Gasteiger partial charge on any atom is 0.142 e. The zero-order valence-electron chi connectivity index (χ0n) is 28.2. The van der Waals surface area contributed by atoms with Crippen LogP contribution in [0.15, 0.2) is 128 Å². The molecule has 0 saturated carbocycles. The molecule has 0 spiro atoms. The topological polar surface area (TPSA) is 109 Å². The Morgan fingerprint density at radius 2 is 1.12 bits per heavy atom. The van der Waals surface area contributed by atoms with Gasteiger partial charge in [0.05, 0.1) is 5.39 Å². The molecule has 2 aliphatic heterocycles. The number of aromatic amines is 1. The smallest absolute Gasteiger partial charge is 0.142 e. The lowest BCUT2D eigenvalue weighted by atomic mass is 9.72. The monoisotopic (exact) mass is 649 g/mol. The van der Waals surface area contributed by atoms with Crippen molar-refractivity contribution in [1.29, 1.82) is 0 Å². The van der Waals surface area contributed by atoms with E-state index in [9.17, 15) is 0 Å². The summed E-state index contributed by atoms with van der Waals surface area (Å²) in [6.07, 6.45) is 7.84. The second kappa shape index (κ2) is 14.7. The minimum Gasteiger partial charge on any atom is -0.356 e. The fraction of sp³-hybridized carbons (Fsp3) is 0.286. The molecule has 49 heavy (non-hydrogen) atoms. The van der Waals surface area contributed by atoms with Crippen LogP contribution >= 0.6 is 0 Å². The Kier molecular flexibility index (Phi) is 9.84. The van der Waals surface area contributed by atoms with Gasteiger partial charge in [-0.2, -0.15) is 0 Å². The Hall–Kier alpha value is -4.82. The van der Waals surface area contributed by atoms with Crippen LogP contribution in [0, 0.1) is 0 Å².